The second kappa shape index (κ2) is 6.16. The minimum absolute atomic E-state index is 0.0528. The molecule has 0 fully saturated rings. The number of furan rings is 1. The molecule has 0 aliphatic carbocycles. The predicted molar refractivity (Wildman–Crippen MR) is 85.9 cm³/mol. The normalized spacial score (nSPS) is 12.5. The molecule has 0 aliphatic heterocycles. The highest BCUT2D eigenvalue weighted by Crippen LogP contribution is 2.26. The third-order valence-corrected chi connectivity index (χ3v) is 3.46. The van der Waals surface area contributed by atoms with Gasteiger partial charge in [0.2, 0.25) is 0 Å². The van der Waals surface area contributed by atoms with Crippen molar-refractivity contribution in [2.45, 2.75) is 46.6 Å². The molecule has 0 saturated carbocycles. The molecule has 0 aliphatic rings. The van der Waals surface area contributed by atoms with Gasteiger partial charge in [0, 0.05) is 18.5 Å². The second-order valence-electron chi connectivity index (χ2n) is 5.62. The van der Waals surface area contributed by atoms with Gasteiger partial charge in [0.15, 0.2) is 0 Å². The van der Waals surface area contributed by atoms with Crippen molar-refractivity contribution >= 4 is 11.6 Å². The molecule has 5 heteroatoms. The Morgan fingerprint density at radius 1 is 1.05 bits per heavy atom. The molecule has 2 N–H and O–H groups in total. The first-order chi connectivity index (χ1) is 9.92. The Bertz CT molecular complexity index is 619. The Kier molecular flexibility index (Phi) is 4.50. The minimum Gasteiger partial charge on any atom is -0.464 e. The third-order valence-electron chi connectivity index (χ3n) is 3.46. The number of nitrogens with one attached hydrogen (secondary N) is 2. The van der Waals surface area contributed by atoms with Crippen LogP contribution < -0.4 is 10.6 Å². The first-order valence-corrected chi connectivity index (χ1v) is 7.31. The Labute approximate surface area is 126 Å². The van der Waals surface area contributed by atoms with Crippen LogP contribution in [0.1, 0.15) is 55.6 Å². The lowest BCUT2D eigenvalue weighted by Gasteiger charge is -2.18. The van der Waals surface area contributed by atoms with Gasteiger partial charge in [0.1, 0.15) is 29.0 Å². The summed E-state index contributed by atoms with van der Waals surface area (Å²) in [6, 6.07) is 4.02. The lowest BCUT2D eigenvalue weighted by atomic mass is 10.2. The Morgan fingerprint density at radius 2 is 1.71 bits per heavy atom. The van der Waals surface area contributed by atoms with Gasteiger partial charge in [0.25, 0.3) is 0 Å². The van der Waals surface area contributed by atoms with E-state index in [0.717, 1.165) is 34.5 Å². The van der Waals surface area contributed by atoms with E-state index >= 15 is 0 Å². The summed E-state index contributed by atoms with van der Waals surface area (Å²) in [5, 5.41) is 6.56. The van der Waals surface area contributed by atoms with Gasteiger partial charge < -0.3 is 15.1 Å². The number of nitrogens with zero attached hydrogens (tertiary/aromatic N) is 2. The minimum atomic E-state index is 0.0528. The maximum Gasteiger partial charge on any atom is 0.135 e. The Morgan fingerprint density at radius 3 is 2.24 bits per heavy atom. The zero-order chi connectivity index (χ0) is 15.6. The van der Waals surface area contributed by atoms with Gasteiger partial charge in [-0.3, -0.25) is 0 Å². The maximum absolute atomic E-state index is 5.67. The molecular weight excluding hydrogens is 264 g/mol. The van der Waals surface area contributed by atoms with Crippen molar-refractivity contribution in [2.24, 2.45) is 0 Å². The highest BCUT2D eigenvalue weighted by atomic mass is 16.3. The summed E-state index contributed by atoms with van der Waals surface area (Å²) in [5.74, 6) is 4.63. The number of hydrogen-bond donors (Lipinski definition) is 2. The molecule has 1 atom stereocenters. The van der Waals surface area contributed by atoms with Crippen LogP contribution in [0.2, 0.25) is 0 Å². The van der Waals surface area contributed by atoms with E-state index in [9.17, 15) is 0 Å². The summed E-state index contributed by atoms with van der Waals surface area (Å²) in [6.45, 7) is 10.2. The Hall–Kier alpha value is -2.04. The zero-order valence-corrected chi connectivity index (χ0v) is 13.6. The fourth-order valence-corrected chi connectivity index (χ4v) is 2.14. The van der Waals surface area contributed by atoms with Crippen LogP contribution >= 0.6 is 0 Å². The van der Waals surface area contributed by atoms with Gasteiger partial charge in [0.05, 0.1) is 6.04 Å². The molecule has 2 rings (SSSR count). The lowest BCUT2D eigenvalue weighted by molar-refractivity contribution is 0.466. The van der Waals surface area contributed by atoms with Crippen LogP contribution in [0.25, 0.3) is 0 Å². The molecule has 2 aromatic heterocycles. The van der Waals surface area contributed by atoms with E-state index in [1.54, 1.807) is 0 Å². The third kappa shape index (κ3) is 3.35. The number of aryl methyl sites for hydroxylation is 1. The van der Waals surface area contributed by atoms with Crippen LogP contribution in [0.15, 0.2) is 16.5 Å². The fraction of sp³-hybridized carbons (Fsp3) is 0.500. The molecule has 21 heavy (non-hydrogen) atoms. The lowest BCUT2D eigenvalue weighted by Crippen LogP contribution is -2.13. The molecule has 2 heterocycles. The second-order valence-corrected chi connectivity index (χ2v) is 5.62. The summed E-state index contributed by atoms with van der Waals surface area (Å²) in [7, 11) is 1.88. The van der Waals surface area contributed by atoms with Gasteiger partial charge in [-0.2, -0.15) is 0 Å². The average Bonchev–Trinajstić information content (AvgIpc) is 2.87. The van der Waals surface area contributed by atoms with Crippen LogP contribution in [0.5, 0.6) is 0 Å². The average molecular weight is 288 g/mol. The Balaban J connectivity index is 2.32. The first-order valence-electron chi connectivity index (χ1n) is 7.31. The van der Waals surface area contributed by atoms with Crippen molar-refractivity contribution < 1.29 is 4.42 Å². The summed E-state index contributed by atoms with van der Waals surface area (Å²) in [4.78, 5) is 9.20. The first kappa shape index (κ1) is 15.4. The van der Waals surface area contributed by atoms with Crippen molar-refractivity contribution in [3.8, 4) is 0 Å². The van der Waals surface area contributed by atoms with Crippen molar-refractivity contribution in [3.63, 3.8) is 0 Å². The van der Waals surface area contributed by atoms with Gasteiger partial charge in [-0.15, -0.1) is 0 Å². The van der Waals surface area contributed by atoms with E-state index in [2.05, 4.69) is 41.4 Å². The van der Waals surface area contributed by atoms with Gasteiger partial charge in [-0.1, -0.05) is 13.8 Å². The molecule has 5 nitrogen and oxygen atoms in total. The van der Waals surface area contributed by atoms with Crippen LogP contribution in [0, 0.1) is 13.8 Å². The number of aromatic nitrogens is 2. The smallest absolute Gasteiger partial charge is 0.135 e. The van der Waals surface area contributed by atoms with Crippen molar-refractivity contribution in [1.29, 1.82) is 0 Å². The zero-order valence-electron chi connectivity index (χ0n) is 13.6. The van der Waals surface area contributed by atoms with Gasteiger partial charge >= 0.3 is 0 Å². The van der Waals surface area contributed by atoms with Crippen LogP contribution in [-0.2, 0) is 0 Å². The largest absolute Gasteiger partial charge is 0.464 e. The molecule has 0 radical (unpaired) electrons. The van der Waals surface area contributed by atoms with Gasteiger partial charge in [-0.05, 0) is 32.9 Å². The van der Waals surface area contributed by atoms with Crippen LogP contribution in [-0.4, -0.2) is 17.0 Å². The van der Waals surface area contributed by atoms with E-state index < -0.39 is 0 Å². The van der Waals surface area contributed by atoms with E-state index in [1.807, 2.05) is 33.0 Å². The summed E-state index contributed by atoms with van der Waals surface area (Å²) >= 11 is 0. The fourth-order valence-electron chi connectivity index (χ4n) is 2.14. The highest BCUT2D eigenvalue weighted by Gasteiger charge is 2.16. The van der Waals surface area contributed by atoms with Crippen molar-refractivity contribution in [3.05, 3.63) is 35.0 Å². The molecule has 0 bridgehead atoms. The SMILES string of the molecule is CNc1nc(C(C)C)nc(NC(C)c2ccc(C)o2)c1C. The van der Waals surface area contributed by atoms with E-state index in [4.69, 9.17) is 4.42 Å². The van der Waals surface area contributed by atoms with Crippen LogP contribution in [0.3, 0.4) is 0 Å². The number of hydrogen-bond acceptors (Lipinski definition) is 5. The van der Waals surface area contributed by atoms with E-state index in [0.29, 0.717) is 0 Å². The standard InChI is InChI=1S/C16H24N4O/c1-9(2)14-19-15(17-6)11(4)16(20-14)18-12(5)13-8-7-10(3)21-13/h7-9,12H,1-6H3,(H2,17,18,19,20). The predicted octanol–water partition coefficient (Wildman–Crippen LogP) is 4.02. The summed E-state index contributed by atoms with van der Waals surface area (Å²) < 4.78 is 5.67. The van der Waals surface area contributed by atoms with Crippen molar-refractivity contribution in [1.82, 2.24) is 9.97 Å². The van der Waals surface area contributed by atoms with Crippen LogP contribution in [0.4, 0.5) is 11.6 Å². The molecule has 0 aromatic carbocycles. The molecular formula is C16H24N4O. The highest BCUT2D eigenvalue weighted by molar-refractivity contribution is 5.57. The number of anilines is 2. The van der Waals surface area contributed by atoms with Crippen molar-refractivity contribution in [2.75, 3.05) is 17.7 Å². The maximum atomic E-state index is 5.67. The molecule has 0 saturated heterocycles. The summed E-state index contributed by atoms with van der Waals surface area (Å²) in [5.41, 5.74) is 1.01. The summed E-state index contributed by atoms with van der Waals surface area (Å²) in [6.07, 6.45) is 0. The molecule has 0 spiro atoms. The quantitative estimate of drug-likeness (QED) is 0.870. The monoisotopic (exact) mass is 288 g/mol. The topological polar surface area (TPSA) is 63.0 Å². The van der Waals surface area contributed by atoms with E-state index in [-0.39, 0.29) is 12.0 Å². The molecule has 2 aromatic rings. The molecule has 0 amide bonds. The molecule has 114 valence electrons. The van der Waals surface area contributed by atoms with Gasteiger partial charge in [-0.25, -0.2) is 9.97 Å². The van der Waals surface area contributed by atoms with E-state index in [1.165, 1.54) is 0 Å². The number of rotatable bonds is 5. The molecule has 1 unspecified atom stereocenters.